The first-order valence-corrected chi connectivity index (χ1v) is 7.78. The maximum atomic E-state index is 12.0. The molecule has 1 unspecified atom stereocenters. The molecule has 1 aromatic rings. The maximum Gasteiger partial charge on any atom is 0.516 e. The first-order valence-electron chi connectivity index (χ1n) is 7.78. The summed E-state index contributed by atoms with van der Waals surface area (Å²) in [6.07, 6.45) is 0.660. The van der Waals surface area contributed by atoms with Crippen molar-refractivity contribution in [2.45, 2.75) is 32.7 Å². The van der Waals surface area contributed by atoms with E-state index in [0.29, 0.717) is 0 Å². The van der Waals surface area contributed by atoms with Crippen LogP contribution in [0.4, 0.5) is 10.5 Å². The molecule has 2 atom stereocenters. The van der Waals surface area contributed by atoms with Crippen LogP contribution < -0.4 is 10.6 Å². The zero-order valence-electron chi connectivity index (χ0n) is 14.2. The van der Waals surface area contributed by atoms with Crippen LogP contribution in [-0.4, -0.2) is 32.8 Å². The highest BCUT2D eigenvalue weighted by atomic mass is 16.7. The Balaban J connectivity index is 2.59. The van der Waals surface area contributed by atoms with Gasteiger partial charge in [-0.3, -0.25) is 4.79 Å². The number of nitrogens with two attached hydrogens (primary N) is 1. The second-order valence-corrected chi connectivity index (χ2v) is 5.67. The van der Waals surface area contributed by atoms with Crippen molar-refractivity contribution in [3.8, 4) is 0 Å². The topological polar surface area (TPSA) is 81.9 Å². The molecule has 0 saturated carbocycles. The first-order chi connectivity index (χ1) is 10.9. The van der Waals surface area contributed by atoms with Gasteiger partial charge in [-0.05, 0) is 24.1 Å². The Morgan fingerprint density at radius 3 is 2.35 bits per heavy atom. The van der Waals surface area contributed by atoms with Gasteiger partial charge in [0.05, 0.1) is 12.5 Å². The van der Waals surface area contributed by atoms with E-state index >= 15 is 0 Å². The van der Waals surface area contributed by atoms with Crippen molar-refractivity contribution in [2.75, 3.05) is 25.6 Å². The van der Waals surface area contributed by atoms with E-state index in [-0.39, 0.29) is 6.61 Å². The quantitative estimate of drug-likeness (QED) is 0.472. The summed E-state index contributed by atoms with van der Waals surface area (Å²) in [4.78, 5) is 25.3. The normalized spacial score (nSPS) is 13.1. The van der Waals surface area contributed by atoms with Crippen molar-refractivity contribution in [1.29, 1.82) is 0 Å². The van der Waals surface area contributed by atoms with Gasteiger partial charge in [0.2, 0.25) is 0 Å². The van der Waals surface area contributed by atoms with Crippen LogP contribution in [0.1, 0.15) is 38.3 Å². The standard InChI is InChI=1S/C17H26N2O4/c1-5-6-11-22-17(21)23-16(20)12(2)15(18)13-7-9-14(10-8-13)19(3)4/h7-10,12,15H,5-6,11,18H2,1-4H3/t12?,15-/m0/s1. The second-order valence-electron chi connectivity index (χ2n) is 5.67. The summed E-state index contributed by atoms with van der Waals surface area (Å²) in [6.45, 7) is 3.85. The molecule has 0 spiro atoms. The van der Waals surface area contributed by atoms with Crippen LogP contribution in [0.25, 0.3) is 0 Å². The molecule has 0 aliphatic carbocycles. The summed E-state index contributed by atoms with van der Waals surface area (Å²) in [6, 6.07) is 7.02. The largest absolute Gasteiger partial charge is 0.516 e. The highest BCUT2D eigenvalue weighted by Crippen LogP contribution is 2.23. The van der Waals surface area contributed by atoms with E-state index in [9.17, 15) is 9.59 Å². The lowest BCUT2D eigenvalue weighted by Crippen LogP contribution is -2.29. The van der Waals surface area contributed by atoms with Gasteiger partial charge in [-0.2, -0.15) is 0 Å². The van der Waals surface area contributed by atoms with Gasteiger partial charge in [0, 0.05) is 25.8 Å². The highest BCUT2D eigenvalue weighted by molar-refractivity contribution is 5.83. The predicted octanol–water partition coefficient (Wildman–Crippen LogP) is 2.87. The number of carbonyl (C=O) groups excluding carboxylic acids is 2. The molecule has 0 aliphatic rings. The molecule has 0 radical (unpaired) electrons. The molecule has 1 rings (SSSR count). The van der Waals surface area contributed by atoms with Crippen molar-refractivity contribution in [1.82, 2.24) is 0 Å². The van der Waals surface area contributed by atoms with Crippen LogP contribution in [0.2, 0.25) is 0 Å². The SMILES string of the molecule is CCCCOC(=O)OC(=O)C(C)[C@H](N)c1ccc(N(C)C)cc1. The zero-order chi connectivity index (χ0) is 17.4. The second kappa shape index (κ2) is 9.15. The molecule has 2 N–H and O–H groups in total. The Bertz CT molecular complexity index is 514. The van der Waals surface area contributed by atoms with Crippen LogP contribution >= 0.6 is 0 Å². The van der Waals surface area contributed by atoms with Gasteiger partial charge in [0.25, 0.3) is 0 Å². The molecule has 0 aromatic heterocycles. The Morgan fingerprint density at radius 1 is 1.22 bits per heavy atom. The smallest absolute Gasteiger partial charge is 0.434 e. The summed E-state index contributed by atoms with van der Waals surface area (Å²) in [5, 5.41) is 0. The number of anilines is 1. The first kappa shape index (κ1) is 19.0. The predicted molar refractivity (Wildman–Crippen MR) is 89.2 cm³/mol. The minimum absolute atomic E-state index is 0.245. The molecule has 0 amide bonds. The molecule has 0 saturated heterocycles. The van der Waals surface area contributed by atoms with Crippen molar-refractivity contribution in [2.24, 2.45) is 11.7 Å². The van der Waals surface area contributed by atoms with Gasteiger partial charge in [0.15, 0.2) is 0 Å². The number of rotatable bonds is 7. The summed E-state index contributed by atoms with van der Waals surface area (Å²) < 4.78 is 9.48. The van der Waals surface area contributed by atoms with Crippen molar-refractivity contribution < 1.29 is 19.1 Å². The van der Waals surface area contributed by atoms with Crippen LogP contribution in [0.15, 0.2) is 24.3 Å². The minimum atomic E-state index is -0.967. The lowest BCUT2D eigenvalue weighted by Gasteiger charge is -2.19. The molecule has 0 aliphatic heterocycles. The Labute approximate surface area is 137 Å². The molecular weight excluding hydrogens is 296 g/mol. The van der Waals surface area contributed by atoms with Gasteiger partial charge in [-0.1, -0.05) is 32.4 Å². The fourth-order valence-electron chi connectivity index (χ4n) is 1.93. The third-order valence-corrected chi connectivity index (χ3v) is 3.61. The summed E-state index contributed by atoms with van der Waals surface area (Å²) in [7, 11) is 3.89. The van der Waals surface area contributed by atoms with E-state index in [1.54, 1.807) is 6.92 Å². The van der Waals surface area contributed by atoms with Crippen LogP contribution in [-0.2, 0) is 14.3 Å². The molecule has 0 fully saturated rings. The average Bonchev–Trinajstić information content (AvgIpc) is 2.53. The maximum absolute atomic E-state index is 12.0. The zero-order valence-corrected chi connectivity index (χ0v) is 14.2. The molecule has 6 heteroatoms. The van der Waals surface area contributed by atoms with E-state index in [4.69, 9.17) is 10.5 Å². The molecule has 0 heterocycles. The number of benzene rings is 1. The number of unbranched alkanes of at least 4 members (excludes halogenated alkanes) is 1. The van der Waals surface area contributed by atoms with E-state index in [1.807, 2.05) is 50.2 Å². The van der Waals surface area contributed by atoms with Crippen LogP contribution in [0.5, 0.6) is 0 Å². The summed E-state index contributed by atoms with van der Waals surface area (Å²) >= 11 is 0. The molecule has 128 valence electrons. The van der Waals surface area contributed by atoms with Gasteiger partial charge >= 0.3 is 12.1 Å². The summed E-state index contributed by atoms with van der Waals surface area (Å²) in [5.41, 5.74) is 7.94. The van der Waals surface area contributed by atoms with Gasteiger partial charge in [0.1, 0.15) is 0 Å². The van der Waals surface area contributed by atoms with Crippen molar-refractivity contribution in [3.63, 3.8) is 0 Å². The monoisotopic (exact) mass is 322 g/mol. The van der Waals surface area contributed by atoms with Gasteiger partial charge in [-0.25, -0.2) is 4.79 Å². The molecule has 6 nitrogen and oxygen atoms in total. The number of nitrogens with zero attached hydrogens (tertiary/aromatic N) is 1. The van der Waals surface area contributed by atoms with Crippen molar-refractivity contribution in [3.05, 3.63) is 29.8 Å². The van der Waals surface area contributed by atoms with Gasteiger partial charge < -0.3 is 20.1 Å². The Morgan fingerprint density at radius 2 is 1.83 bits per heavy atom. The Kier molecular flexibility index (Phi) is 7.54. The lowest BCUT2D eigenvalue weighted by molar-refractivity contribution is -0.144. The number of ether oxygens (including phenoxy) is 2. The summed E-state index contributed by atoms with van der Waals surface area (Å²) in [5.74, 6) is -1.34. The number of carbonyl (C=O) groups is 2. The lowest BCUT2D eigenvalue weighted by atomic mass is 9.95. The molecular formula is C17H26N2O4. The third kappa shape index (κ3) is 5.90. The highest BCUT2D eigenvalue weighted by Gasteiger charge is 2.26. The Hall–Kier alpha value is -2.08. The number of hydrogen-bond donors (Lipinski definition) is 1. The number of hydrogen-bond acceptors (Lipinski definition) is 6. The molecule has 1 aromatic carbocycles. The van der Waals surface area contributed by atoms with E-state index in [1.165, 1.54) is 0 Å². The van der Waals surface area contributed by atoms with Crippen LogP contribution in [0.3, 0.4) is 0 Å². The van der Waals surface area contributed by atoms with E-state index < -0.39 is 24.1 Å². The minimum Gasteiger partial charge on any atom is -0.434 e. The van der Waals surface area contributed by atoms with Gasteiger partial charge in [-0.15, -0.1) is 0 Å². The average molecular weight is 322 g/mol. The molecule has 23 heavy (non-hydrogen) atoms. The molecule has 0 bridgehead atoms. The van der Waals surface area contributed by atoms with Crippen molar-refractivity contribution >= 4 is 17.8 Å². The number of esters is 1. The van der Waals surface area contributed by atoms with Crippen LogP contribution in [0, 0.1) is 5.92 Å². The third-order valence-electron chi connectivity index (χ3n) is 3.61. The van der Waals surface area contributed by atoms with E-state index in [2.05, 4.69) is 4.74 Å². The fourth-order valence-corrected chi connectivity index (χ4v) is 1.93. The fraction of sp³-hybridized carbons (Fsp3) is 0.529. The van der Waals surface area contributed by atoms with E-state index in [0.717, 1.165) is 24.1 Å².